The van der Waals surface area contributed by atoms with Gasteiger partial charge in [0.2, 0.25) is 0 Å². The van der Waals surface area contributed by atoms with Gasteiger partial charge in [-0.2, -0.15) is 0 Å². The van der Waals surface area contributed by atoms with Gasteiger partial charge in [0.25, 0.3) is 5.56 Å². The fourth-order valence-electron chi connectivity index (χ4n) is 5.13. The van der Waals surface area contributed by atoms with Crippen LogP contribution in [0.2, 0.25) is 0 Å². The maximum atomic E-state index is 14.1. The topological polar surface area (TPSA) is 84.0 Å². The minimum atomic E-state index is -0.753. The van der Waals surface area contributed by atoms with E-state index in [1.54, 1.807) is 37.7 Å². The summed E-state index contributed by atoms with van der Waals surface area (Å²) in [6.45, 7) is 12.1. The first-order valence-corrected chi connectivity index (χ1v) is 14.3. The number of allylic oxidation sites excluding steroid dienone is 2. The van der Waals surface area contributed by atoms with Gasteiger partial charge in [-0.15, -0.1) is 6.58 Å². The highest BCUT2D eigenvalue weighted by atomic mass is 32.1. The standard InChI is InChI=1S/C32H33N3O5S/c1-7-15-34-18-22(23-11-9-10-12-24(23)34)17-27-30(36)35-29(21-13-14-25(40-19(3)4)26(16-21)38-6)28(31(37)39-8-2)20(5)33-32(35)41-27/h7,9-14,16-19,29H,1,8,15H2,2-6H3/b27-17+/t29-/m1/s1. The van der Waals surface area contributed by atoms with E-state index < -0.39 is 12.0 Å². The van der Waals surface area contributed by atoms with E-state index >= 15 is 0 Å². The van der Waals surface area contributed by atoms with Gasteiger partial charge in [-0.1, -0.05) is 41.7 Å². The molecule has 5 rings (SSSR count). The molecule has 4 aromatic rings. The SMILES string of the molecule is C=CCn1cc(/C=c2/sc3n(c2=O)[C@H](c2ccc(OC(C)C)c(OC)c2)C(C(=O)OCC)=C(C)N=3)c2ccccc21. The van der Waals surface area contributed by atoms with E-state index in [1.807, 2.05) is 62.5 Å². The second kappa shape index (κ2) is 11.6. The highest BCUT2D eigenvalue weighted by Gasteiger charge is 2.34. The van der Waals surface area contributed by atoms with Crippen molar-refractivity contribution < 1.29 is 19.0 Å². The molecule has 212 valence electrons. The number of hydrogen-bond acceptors (Lipinski definition) is 7. The Labute approximate surface area is 242 Å². The molecule has 8 nitrogen and oxygen atoms in total. The van der Waals surface area contributed by atoms with E-state index in [4.69, 9.17) is 19.2 Å². The highest BCUT2D eigenvalue weighted by molar-refractivity contribution is 7.07. The third kappa shape index (κ3) is 5.25. The van der Waals surface area contributed by atoms with Crippen molar-refractivity contribution in [2.45, 2.75) is 46.4 Å². The van der Waals surface area contributed by atoms with E-state index in [1.165, 1.54) is 11.3 Å². The molecule has 0 saturated heterocycles. The van der Waals surface area contributed by atoms with Gasteiger partial charge >= 0.3 is 5.97 Å². The Morgan fingerprint density at radius 2 is 1.98 bits per heavy atom. The zero-order chi connectivity index (χ0) is 29.3. The average Bonchev–Trinajstić information content (AvgIpc) is 3.44. The van der Waals surface area contributed by atoms with Crippen molar-refractivity contribution in [3.63, 3.8) is 0 Å². The molecule has 3 heterocycles. The molecule has 2 aromatic heterocycles. The van der Waals surface area contributed by atoms with Gasteiger partial charge < -0.3 is 18.8 Å². The monoisotopic (exact) mass is 571 g/mol. The van der Waals surface area contributed by atoms with E-state index in [9.17, 15) is 9.59 Å². The number of hydrogen-bond donors (Lipinski definition) is 0. The molecule has 1 aliphatic heterocycles. The Morgan fingerprint density at radius 3 is 2.68 bits per heavy atom. The van der Waals surface area contributed by atoms with Crippen LogP contribution in [-0.4, -0.2) is 34.9 Å². The third-order valence-electron chi connectivity index (χ3n) is 6.81. The first-order valence-electron chi connectivity index (χ1n) is 13.5. The Balaban J connectivity index is 1.73. The number of carbonyl (C=O) groups excluding carboxylic acids is 1. The maximum Gasteiger partial charge on any atom is 0.338 e. The Morgan fingerprint density at radius 1 is 1.20 bits per heavy atom. The largest absolute Gasteiger partial charge is 0.493 e. The van der Waals surface area contributed by atoms with Gasteiger partial charge in [0.1, 0.15) is 0 Å². The molecule has 2 aromatic carbocycles. The highest BCUT2D eigenvalue weighted by Crippen LogP contribution is 2.36. The number of rotatable bonds is 9. The quantitative estimate of drug-likeness (QED) is 0.214. The molecule has 9 heteroatoms. The molecular formula is C32H33N3O5S. The average molecular weight is 572 g/mol. The van der Waals surface area contributed by atoms with Crippen LogP contribution in [-0.2, 0) is 16.1 Å². The minimum Gasteiger partial charge on any atom is -0.493 e. The molecule has 1 atom stereocenters. The molecule has 0 N–H and O–H groups in total. The summed E-state index contributed by atoms with van der Waals surface area (Å²) in [6, 6.07) is 12.8. The first-order chi connectivity index (χ1) is 19.8. The second-order valence-electron chi connectivity index (χ2n) is 9.92. The van der Waals surface area contributed by atoms with Crippen LogP contribution >= 0.6 is 11.3 Å². The lowest BCUT2D eigenvalue weighted by Gasteiger charge is -2.25. The molecule has 0 aliphatic carbocycles. The normalized spacial score (nSPS) is 15.2. The fourth-order valence-corrected chi connectivity index (χ4v) is 6.17. The van der Waals surface area contributed by atoms with Gasteiger partial charge in [-0.25, -0.2) is 9.79 Å². The molecule has 0 spiro atoms. The lowest BCUT2D eigenvalue weighted by Crippen LogP contribution is -2.40. The number of ether oxygens (including phenoxy) is 3. The van der Waals surface area contributed by atoms with Gasteiger partial charge in [0.05, 0.1) is 41.7 Å². The summed E-state index contributed by atoms with van der Waals surface area (Å²) in [5, 5.41) is 1.03. The van der Waals surface area contributed by atoms with Crippen LogP contribution in [0, 0.1) is 0 Å². The molecule has 41 heavy (non-hydrogen) atoms. The van der Waals surface area contributed by atoms with Crippen molar-refractivity contribution in [1.29, 1.82) is 0 Å². The van der Waals surface area contributed by atoms with Crippen molar-refractivity contribution in [2.75, 3.05) is 13.7 Å². The number of carbonyl (C=O) groups is 1. The summed E-state index contributed by atoms with van der Waals surface area (Å²) in [4.78, 5) is 32.6. The van der Waals surface area contributed by atoms with Crippen LogP contribution in [0.25, 0.3) is 17.0 Å². The molecule has 0 radical (unpaired) electrons. The number of aromatic nitrogens is 2. The van der Waals surface area contributed by atoms with Crippen molar-refractivity contribution in [1.82, 2.24) is 9.13 Å². The van der Waals surface area contributed by atoms with Crippen molar-refractivity contribution in [3.8, 4) is 11.5 Å². The number of fused-ring (bicyclic) bond motifs is 2. The summed E-state index contributed by atoms with van der Waals surface area (Å²) in [5.41, 5.74) is 3.24. The van der Waals surface area contributed by atoms with Crippen LogP contribution in [0.3, 0.4) is 0 Å². The molecule has 0 bridgehead atoms. The lowest BCUT2D eigenvalue weighted by molar-refractivity contribution is -0.139. The van der Waals surface area contributed by atoms with Gasteiger partial charge in [0, 0.05) is 29.2 Å². The van der Waals surface area contributed by atoms with E-state index in [2.05, 4.69) is 11.1 Å². The Hall–Kier alpha value is -4.37. The van der Waals surface area contributed by atoms with Gasteiger partial charge in [0.15, 0.2) is 16.3 Å². The van der Waals surface area contributed by atoms with Crippen LogP contribution in [0.4, 0.5) is 0 Å². The predicted molar refractivity (Wildman–Crippen MR) is 161 cm³/mol. The van der Waals surface area contributed by atoms with Gasteiger partial charge in [-0.3, -0.25) is 9.36 Å². The molecule has 0 amide bonds. The van der Waals surface area contributed by atoms with Crippen LogP contribution in [0.15, 0.2) is 82.4 Å². The van der Waals surface area contributed by atoms with Crippen LogP contribution in [0.1, 0.15) is 44.9 Å². The molecule has 0 saturated carbocycles. The molecular weight excluding hydrogens is 538 g/mol. The summed E-state index contributed by atoms with van der Waals surface area (Å²) >= 11 is 1.30. The number of methoxy groups -OCH3 is 1. The molecule has 1 aliphatic rings. The summed E-state index contributed by atoms with van der Waals surface area (Å²) in [6.07, 6.45) is 5.71. The maximum absolute atomic E-state index is 14.1. The first kappa shape index (κ1) is 28.2. The lowest BCUT2D eigenvalue weighted by atomic mass is 9.95. The molecule has 0 fully saturated rings. The van der Waals surface area contributed by atoms with Crippen LogP contribution < -0.4 is 24.4 Å². The van der Waals surface area contributed by atoms with E-state index in [-0.39, 0.29) is 18.3 Å². The van der Waals surface area contributed by atoms with Crippen molar-refractivity contribution in [2.24, 2.45) is 4.99 Å². The Bertz CT molecular complexity index is 1860. The van der Waals surface area contributed by atoms with Crippen molar-refractivity contribution >= 4 is 34.3 Å². The zero-order valence-corrected chi connectivity index (χ0v) is 24.7. The zero-order valence-electron chi connectivity index (χ0n) is 23.8. The number of benzene rings is 2. The van der Waals surface area contributed by atoms with Crippen molar-refractivity contribution in [3.05, 3.63) is 103 Å². The van der Waals surface area contributed by atoms with Crippen LogP contribution in [0.5, 0.6) is 11.5 Å². The Kier molecular flexibility index (Phi) is 7.99. The van der Waals surface area contributed by atoms with E-state index in [0.29, 0.717) is 44.2 Å². The number of nitrogens with zero attached hydrogens (tertiary/aromatic N) is 3. The number of para-hydroxylation sites is 1. The summed E-state index contributed by atoms with van der Waals surface area (Å²) < 4.78 is 21.2. The summed E-state index contributed by atoms with van der Waals surface area (Å²) in [5.74, 6) is 0.571. The van der Waals surface area contributed by atoms with E-state index in [0.717, 1.165) is 16.5 Å². The smallest absolute Gasteiger partial charge is 0.338 e. The fraction of sp³-hybridized carbons (Fsp3) is 0.281. The summed E-state index contributed by atoms with van der Waals surface area (Å²) in [7, 11) is 1.56. The number of thiazole rings is 1. The molecule has 0 unspecified atom stereocenters. The predicted octanol–water partition coefficient (Wildman–Crippen LogP) is 4.73. The number of esters is 1. The van der Waals surface area contributed by atoms with Gasteiger partial charge in [-0.05, 0) is 57.5 Å². The minimum absolute atomic E-state index is 0.0536. The third-order valence-corrected chi connectivity index (χ3v) is 7.80. The second-order valence-corrected chi connectivity index (χ2v) is 10.9.